The van der Waals surface area contributed by atoms with Crippen molar-refractivity contribution in [1.29, 1.82) is 0 Å². The van der Waals surface area contributed by atoms with E-state index in [1.54, 1.807) is 11.6 Å². The number of carbonyl (C=O) groups is 1. The summed E-state index contributed by atoms with van der Waals surface area (Å²) in [5.74, 6) is 1.18. The second-order valence-electron chi connectivity index (χ2n) is 6.46. The van der Waals surface area contributed by atoms with Gasteiger partial charge in [0.15, 0.2) is 0 Å². The summed E-state index contributed by atoms with van der Waals surface area (Å²) in [5, 5.41) is 4.19. The predicted octanol–water partition coefficient (Wildman–Crippen LogP) is 1.80. The van der Waals surface area contributed by atoms with Gasteiger partial charge in [-0.1, -0.05) is 13.8 Å². The van der Waals surface area contributed by atoms with E-state index < -0.39 is 0 Å². The number of hydrogen-bond acceptors (Lipinski definition) is 5. The number of amides is 1. The summed E-state index contributed by atoms with van der Waals surface area (Å²) < 4.78 is 6.85. The Kier molecular flexibility index (Phi) is 6.25. The van der Waals surface area contributed by atoms with Gasteiger partial charge in [-0.2, -0.15) is 10.1 Å². The highest BCUT2D eigenvalue weighted by atomic mass is 16.5. The van der Waals surface area contributed by atoms with E-state index in [0.717, 1.165) is 23.5 Å². The lowest BCUT2D eigenvalue weighted by atomic mass is 10.1. The molecule has 0 aliphatic carbocycles. The van der Waals surface area contributed by atoms with Crippen LogP contribution in [0.3, 0.4) is 0 Å². The van der Waals surface area contributed by atoms with E-state index in [1.807, 2.05) is 18.7 Å². The van der Waals surface area contributed by atoms with Gasteiger partial charge in [-0.25, -0.2) is 9.50 Å². The van der Waals surface area contributed by atoms with Crippen LogP contribution in [0.5, 0.6) is 0 Å². The number of carbonyl (C=O) groups excluding carboxylic acids is 1. The van der Waals surface area contributed by atoms with E-state index in [-0.39, 0.29) is 5.91 Å². The Morgan fingerprint density at radius 2 is 2.12 bits per heavy atom. The summed E-state index contributed by atoms with van der Waals surface area (Å²) in [7, 11) is 1.66. The fraction of sp³-hybridized carbons (Fsp3) is 0.647. The average Bonchev–Trinajstić information content (AvgIpc) is 2.99. The maximum Gasteiger partial charge on any atom is 0.252 e. The Morgan fingerprint density at radius 3 is 2.79 bits per heavy atom. The minimum Gasteiger partial charge on any atom is -0.383 e. The van der Waals surface area contributed by atoms with Gasteiger partial charge in [-0.15, -0.1) is 0 Å². The highest BCUT2D eigenvalue weighted by Gasteiger charge is 2.17. The van der Waals surface area contributed by atoms with Crippen LogP contribution in [0.4, 0.5) is 0 Å². The molecule has 0 aromatic carbocycles. The second-order valence-corrected chi connectivity index (χ2v) is 6.46. The second kappa shape index (κ2) is 8.19. The highest BCUT2D eigenvalue weighted by Crippen LogP contribution is 2.15. The maximum atomic E-state index is 12.6. The first-order chi connectivity index (χ1) is 11.4. The molecule has 2 aromatic heterocycles. The van der Waals surface area contributed by atoms with Crippen LogP contribution in [0.1, 0.15) is 37.2 Å². The van der Waals surface area contributed by atoms with Gasteiger partial charge in [-0.05, 0) is 31.7 Å². The lowest BCUT2D eigenvalue weighted by molar-refractivity contribution is -0.132. The van der Waals surface area contributed by atoms with Gasteiger partial charge in [0.05, 0.1) is 6.61 Å². The minimum atomic E-state index is 0.151. The number of fused-ring (bicyclic) bond motifs is 1. The summed E-state index contributed by atoms with van der Waals surface area (Å²) in [6, 6.07) is 0. The van der Waals surface area contributed by atoms with Crippen LogP contribution in [0.15, 0.2) is 6.33 Å². The molecule has 0 radical (unpaired) electrons. The Balaban J connectivity index is 2.09. The van der Waals surface area contributed by atoms with Crippen LogP contribution in [0.2, 0.25) is 0 Å². The van der Waals surface area contributed by atoms with Crippen LogP contribution in [-0.2, 0) is 16.0 Å². The molecule has 7 heteroatoms. The molecule has 0 bridgehead atoms. The van der Waals surface area contributed by atoms with Crippen LogP contribution in [-0.4, -0.2) is 57.2 Å². The predicted molar refractivity (Wildman–Crippen MR) is 91.9 cm³/mol. The SMILES string of the molecule is COCCN(CC(C)C)C(=O)CCc1c(C)nc2ncnn2c1C. The third-order valence-corrected chi connectivity index (χ3v) is 4.08. The van der Waals surface area contributed by atoms with Gasteiger partial charge in [0.25, 0.3) is 5.78 Å². The Hall–Kier alpha value is -2.02. The molecule has 0 unspecified atom stereocenters. The largest absolute Gasteiger partial charge is 0.383 e. The number of hydrogen-bond donors (Lipinski definition) is 0. The van der Waals surface area contributed by atoms with Crippen molar-refractivity contribution in [3.05, 3.63) is 23.3 Å². The first kappa shape index (κ1) is 18.3. The zero-order valence-electron chi connectivity index (χ0n) is 15.2. The molecule has 1 amide bonds. The zero-order chi connectivity index (χ0) is 17.7. The van der Waals surface area contributed by atoms with E-state index in [9.17, 15) is 4.79 Å². The monoisotopic (exact) mass is 333 g/mol. The Labute approximate surface area is 143 Å². The normalized spacial score (nSPS) is 11.4. The van der Waals surface area contributed by atoms with Gasteiger partial charge in [0, 0.05) is 38.0 Å². The molecule has 7 nitrogen and oxygen atoms in total. The molecule has 0 N–H and O–H groups in total. The fourth-order valence-corrected chi connectivity index (χ4v) is 2.87. The average molecular weight is 333 g/mol. The molecular weight excluding hydrogens is 306 g/mol. The van der Waals surface area contributed by atoms with Crippen molar-refractivity contribution in [2.45, 2.75) is 40.5 Å². The summed E-state index contributed by atoms with van der Waals surface area (Å²) in [5.41, 5.74) is 2.97. The van der Waals surface area contributed by atoms with E-state index >= 15 is 0 Å². The summed E-state index contributed by atoms with van der Waals surface area (Å²) >= 11 is 0. The molecule has 0 saturated carbocycles. The molecule has 0 spiro atoms. The molecule has 0 aliphatic rings. The first-order valence-corrected chi connectivity index (χ1v) is 8.36. The number of rotatable bonds is 8. The van der Waals surface area contributed by atoms with Gasteiger partial charge in [-0.3, -0.25) is 4.79 Å². The standard InChI is InChI=1S/C17H27N5O2/c1-12(2)10-21(8-9-24-5)16(23)7-6-15-13(3)20-17-18-11-19-22(17)14(15)4/h11-12H,6-10H2,1-5H3. The quantitative estimate of drug-likeness (QED) is 0.736. The van der Waals surface area contributed by atoms with Crippen molar-refractivity contribution in [3.8, 4) is 0 Å². The number of aryl methyl sites for hydroxylation is 2. The van der Waals surface area contributed by atoms with E-state index in [4.69, 9.17) is 4.74 Å². The molecule has 2 rings (SSSR count). The van der Waals surface area contributed by atoms with E-state index in [0.29, 0.717) is 37.7 Å². The van der Waals surface area contributed by atoms with Crippen LogP contribution >= 0.6 is 0 Å². The van der Waals surface area contributed by atoms with Crippen molar-refractivity contribution >= 4 is 11.7 Å². The maximum absolute atomic E-state index is 12.6. The van der Waals surface area contributed by atoms with Gasteiger partial charge in [0.2, 0.25) is 5.91 Å². The Morgan fingerprint density at radius 1 is 1.38 bits per heavy atom. The lowest BCUT2D eigenvalue weighted by Gasteiger charge is -2.24. The third-order valence-electron chi connectivity index (χ3n) is 4.08. The molecule has 0 saturated heterocycles. The number of methoxy groups -OCH3 is 1. The Bertz CT molecular complexity index is 696. The number of ether oxygens (including phenoxy) is 1. The molecule has 132 valence electrons. The highest BCUT2D eigenvalue weighted by molar-refractivity contribution is 5.76. The van der Waals surface area contributed by atoms with Gasteiger partial charge >= 0.3 is 0 Å². The van der Waals surface area contributed by atoms with Crippen molar-refractivity contribution < 1.29 is 9.53 Å². The lowest BCUT2D eigenvalue weighted by Crippen LogP contribution is -2.37. The smallest absolute Gasteiger partial charge is 0.252 e. The van der Waals surface area contributed by atoms with Crippen molar-refractivity contribution in [3.63, 3.8) is 0 Å². The summed E-state index contributed by atoms with van der Waals surface area (Å²) in [6.07, 6.45) is 2.61. The van der Waals surface area contributed by atoms with E-state index in [2.05, 4.69) is 28.9 Å². The number of aromatic nitrogens is 4. The van der Waals surface area contributed by atoms with Crippen LogP contribution < -0.4 is 0 Å². The topological polar surface area (TPSA) is 72.6 Å². The van der Waals surface area contributed by atoms with Crippen LogP contribution in [0, 0.1) is 19.8 Å². The number of nitrogens with zero attached hydrogens (tertiary/aromatic N) is 5. The van der Waals surface area contributed by atoms with Gasteiger partial charge < -0.3 is 9.64 Å². The zero-order valence-corrected chi connectivity index (χ0v) is 15.2. The fourth-order valence-electron chi connectivity index (χ4n) is 2.87. The molecule has 0 aliphatic heterocycles. The molecule has 2 heterocycles. The van der Waals surface area contributed by atoms with Gasteiger partial charge in [0.1, 0.15) is 6.33 Å². The van der Waals surface area contributed by atoms with Crippen LogP contribution in [0.25, 0.3) is 5.78 Å². The molecule has 24 heavy (non-hydrogen) atoms. The molecular formula is C17H27N5O2. The van der Waals surface area contributed by atoms with Crippen molar-refractivity contribution in [2.24, 2.45) is 5.92 Å². The first-order valence-electron chi connectivity index (χ1n) is 8.36. The van der Waals surface area contributed by atoms with Crippen molar-refractivity contribution in [2.75, 3.05) is 26.8 Å². The summed E-state index contributed by atoms with van der Waals surface area (Å²) in [6.45, 7) is 10.1. The molecule has 0 atom stereocenters. The third kappa shape index (κ3) is 4.29. The van der Waals surface area contributed by atoms with E-state index in [1.165, 1.54) is 6.33 Å². The summed E-state index contributed by atoms with van der Waals surface area (Å²) in [4.78, 5) is 23.1. The molecule has 2 aromatic rings. The minimum absolute atomic E-state index is 0.151. The molecule has 0 fully saturated rings. The van der Waals surface area contributed by atoms with Crippen molar-refractivity contribution in [1.82, 2.24) is 24.5 Å².